The summed E-state index contributed by atoms with van der Waals surface area (Å²) in [7, 11) is 3.56. The fourth-order valence-corrected chi connectivity index (χ4v) is 3.58. The topological polar surface area (TPSA) is 71.7 Å². The molecule has 0 atom stereocenters. The van der Waals surface area contributed by atoms with Crippen LogP contribution in [0.25, 0.3) is 10.9 Å². The second-order valence-corrected chi connectivity index (χ2v) is 7.70. The molecule has 1 aromatic heterocycles. The van der Waals surface area contributed by atoms with E-state index in [2.05, 4.69) is 33.4 Å². The third kappa shape index (κ3) is 5.04. The number of fused-ring (bicyclic) bond motifs is 1. The summed E-state index contributed by atoms with van der Waals surface area (Å²) in [5, 5.41) is 4.34. The largest absolute Gasteiger partial charge is 0.361 e. The molecule has 1 aliphatic heterocycles. The van der Waals surface area contributed by atoms with E-state index < -0.39 is 0 Å². The molecule has 2 heterocycles. The first-order chi connectivity index (χ1) is 13.5. The van der Waals surface area contributed by atoms with Crippen molar-refractivity contribution in [2.24, 2.45) is 0 Å². The number of rotatable bonds is 6. The zero-order valence-corrected chi connectivity index (χ0v) is 17.1. The molecule has 1 saturated heterocycles. The standard InChI is InChI=1S/C21H31N5O2/c1-4-26(14-16-5-6-19-17(13-16)7-10-22-19)21(28)23-18-8-11-25(12-9-18)15-20(27)24(2)3/h5-7,10,13,18,22H,4,8-9,11-12,14-15H2,1-3H3,(H,23,28). The van der Waals surface area contributed by atoms with Crippen LogP contribution in [0.2, 0.25) is 0 Å². The van der Waals surface area contributed by atoms with Crippen molar-refractivity contribution in [1.82, 2.24) is 25.0 Å². The van der Waals surface area contributed by atoms with Gasteiger partial charge in [-0.25, -0.2) is 4.79 Å². The summed E-state index contributed by atoms with van der Waals surface area (Å²) < 4.78 is 0. The number of carbonyl (C=O) groups excluding carboxylic acids is 2. The maximum atomic E-state index is 12.7. The van der Waals surface area contributed by atoms with Crippen LogP contribution in [0.15, 0.2) is 30.5 Å². The van der Waals surface area contributed by atoms with Gasteiger partial charge in [-0.1, -0.05) is 6.07 Å². The second kappa shape index (κ2) is 9.10. The molecule has 0 unspecified atom stereocenters. The Morgan fingerprint density at radius 2 is 1.96 bits per heavy atom. The maximum Gasteiger partial charge on any atom is 0.317 e. The zero-order chi connectivity index (χ0) is 20.1. The Labute approximate surface area is 166 Å². The predicted molar refractivity (Wildman–Crippen MR) is 111 cm³/mol. The van der Waals surface area contributed by atoms with Gasteiger partial charge in [0.25, 0.3) is 0 Å². The minimum atomic E-state index is -0.0144. The number of nitrogens with one attached hydrogen (secondary N) is 2. The normalized spacial score (nSPS) is 15.5. The highest BCUT2D eigenvalue weighted by Gasteiger charge is 2.24. The fraction of sp³-hybridized carbons (Fsp3) is 0.524. The molecular formula is C21H31N5O2. The first-order valence-corrected chi connectivity index (χ1v) is 10.00. The van der Waals surface area contributed by atoms with Crippen LogP contribution in [0.3, 0.4) is 0 Å². The number of hydrogen-bond donors (Lipinski definition) is 2. The molecule has 0 saturated carbocycles. The number of amides is 3. The monoisotopic (exact) mass is 385 g/mol. The second-order valence-electron chi connectivity index (χ2n) is 7.70. The van der Waals surface area contributed by atoms with E-state index in [0.29, 0.717) is 19.6 Å². The average Bonchev–Trinajstić information content (AvgIpc) is 3.15. The lowest BCUT2D eigenvalue weighted by Gasteiger charge is -2.33. The van der Waals surface area contributed by atoms with Gasteiger partial charge >= 0.3 is 6.03 Å². The lowest BCUT2D eigenvalue weighted by atomic mass is 10.1. The minimum absolute atomic E-state index is 0.0144. The van der Waals surface area contributed by atoms with Gasteiger partial charge in [0.05, 0.1) is 6.54 Å². The number of carbonyl (C=O) groups is 2. The highest BCUT2D eigenvalue weighted by atomic mass is 16.2. The van der Waals surface area contributed by atoms with Crippen LogP contribution in [-0.2, 0) is 11.3 Å². The van der Waals surface area contributed by atoms with Gasteiger partial charge in [-0.15, -0.1) is 0 Å². The number of piperidine rings is 1. The highest BCUT2D eigenvalue weighted by molar-refractivity contribution is 5.80. The maximum absolute atomic E-state index is 12.7. The van der Waals surface area contributed by atoms with E-state index in [1.165, 1.54) is 0 Å². The molecule has 0 radical (unpaired) electrons. The first-order valence-electron chi connectivity index (χ1n) is 10.00. The molecule has 7 nitrogen and oxygen atoms in total. The molecule has 0 spiro atoms. The van der Waals surface area contributed by atoms with Crippen LogP contribution >= 0.6 is 0 Å². The van der Waals surface area contributed by atoms with Crippen LogP contribution in [0.1, 0.15) is 25.3 Å². The predicted octanol–water partition coefficient (Wildman–Crippen LogP) is 2.25. The molecule has 28 heavy (non-hydrogen) atoms. The van der Waals surface area contributed by atoms with E-state index in [9.17, 15) is 9.59 Å². The summed E-state index contributed by atoms with van der Waals surface area (Å²) in [6.07, 6.45) is 3.68. The fourth-order valence-electron chi connectivity index (χ4n) is 3.58. The molecule has 152 valence electrons. The number of nitrogens with zero attached hydrogens (tertiary/aromatic N) is 3. The molecule has 2 aromatic rings. The van der Waals surface area contributed by atoms with Gasteiger partial charge in [0.15, 0.2) is 0 Å². The molecule has 7 heteroatoms. The molecule has 3 amide bonds. The van der Waals surface area contributed by atoms with Gasteiger partial charge in [0.1, 0.15) is 0 Å². The molecule has 1 aliphatic rings. The van der Waals surface area contributed by atoms with Crippen molar-refractivity contribution in [3.05, 3.63) is 36.0 Å². The van der Waals surface area contributed by atoms with Crippen molar-refractivity contribution in [3.8, 4) is 0 Å². The van der Waals surface area contributed by atoms with E-state index in [1.807, 2.05) is 24.1 Å². The van der Waals surface area contributed by atoms with Gasteiger partial charge in [-0.3, -0.25) is 9.69 Å². The number of benzene rings is 1. The Hall–Kier alpha value is -2.54. The Morgan fingerprint density at radius 3 is 2.64 bits per heavy atom. The van der Waals surface area contributed by atoms with Gasteiger partial charge in [-0.2, -0.15) is 0 Å². The van der Waals surface area contributed by atoms with Gasteiger partial charge in [-0.05, 0) is 48.9 Å². The summed E-state index contributed by atoms with van der Waals surface area (Å²) >= 11 is 0. The Kier molecular flexibility index (Phi) is 6.57. The summed E-state index contributed by atoms with van der Waals surface area (Å²) in [5.41, 5.74) is 2.23. The van der Waals surface area contributed by atoms with Crippen molar-refractivity contribution in [2.75, 3.05) is 40.3 Å². The van der Waals surface area contributed by atoms with Crippen molar-refractivity contribution < 1.29 is 9.59 Å². The van der Waals surface area contributed by atoms with Crippen molar-refractivity contribution >= 4 is 22.8 Å². The number of aromatic nitrogens is 1. The molecule has 3 rings (SSSR count). The molecule has 1 aromatic carbocycles. The molecule has 0 aliphatic carbocycles. The smallest absolute Gasteiger partial charge is 0.317 e. The molecule has 1 fully saturated rings. The molecular weight excluding hydrogens is 354 g/mol. The van der Waals surface area contributed by atoms with E-state index in [1.54, 1.807) is 19.0 Å². The summed E-state index contributed by atoms with van der Waals surface area (Å²) in [4.78, 5) is 33.4. The number of H-pyrrole nitrogens is 1. The van der Waals surface area contributed by atoms with E-state index >= 15 is 0 Å². The Bertz CT molecular complexity index is 808. The van der Waals surface area contributed by atoms with Crippen LogP contribution in [0.4, 0.5) is 4.79 Å². The quantitative estimate of drug-likeness (QED) is 0.801. The highest BCUT2D eigenvalue weighted by Crippen LogP contribution is 2.16. The number of aromatic amines is 1. The Balaban J connectivity index is 1.49. The lowest BCUT2D eigenvalue weighted by molar-refractivity contribution is -0.130. The number of likely N-dealkylation sites (N-methyl/N-ethyl adjacent to an activating group) is 1. The van der Waals surface area contributed by atoms with Crippen molar-refractivity contribution in [3.63, 3.8) is 0 Å². The third-order valence-corrected chi connectivity index (χ3v) is 5.43. The van der Waals surface area contributed by atoms with E-state index in [0.717, 1.165) is 42.4 Å². The van der Waals surface area contributed by atoms with Gasteiger partial charge in [0.2, 0.25) is 5.91 Å². The Morgan fingerprint density at radius 1 is 1.21 bits per heavy atom. The molecule has 0 bridgehead atoms. The zero-order valence-electron chi connectivity index (χ0n) is 17.1. The van der Waals surface area contributed by atoms with E-state index in [4.69, 9.17) is 0 Å². The third-order valence-electron chi connectivity index (χ3n) is 5.43. The van der Waals surface area contributed by atoms with Crippen LogP contribution in [0.5, 0.6) is 0 Å². The average molecular weight is 386 g/mol. The number of urea groups is 1. The summed E-state index contributed by atoms with van der Waals surface area (Å²) in [6.45, 7) is 5.38. The minimum Gasteiger partial charge on any atom is -0.361 e. The van der Waals surface area contributed by atoms with Crippen LogP contribution in [-0.4, -0.2) is 77.9 Å². The lowest BCUT2D eigenvalue weighted by Crippen LogP contribution is -2.50. The van der Waals surface area contributed by atoms with Crippen LogP contribution < -0.4 is 5.32 Å². The van der Waals surface area contributed by atoms with Crippen LogP contribution in [0, 0.1) is 0 Å². The SMILES string of the molecule is CCN(Cc1ccc2[nH]ccc2c1)C(=O)NC1CCN(CC(=O)N(C)C)CC1. The van der Waals surface area contributed by atoms with Crippen molar-refractivity contribution in [1.29, 1.82) is 0 Å². The summed E-state index contributed by atoms with van der Waals surface area (Å²) in [6, 6.07) is 8.45. The first kappa shape index (κ1) is 20.2. The van der Waals surface area contributed by atoms with Crippen molar-refractivity contribution in [2.45, 2.75) is 32.4 Å². The number of hydrogen-bond acceptors (Lipinski definition) is 3. The number of likely N-dealkylation sites (tertiary alicyclic amines) is 1. The van der Waals surface area contributed by atoms with Gasteiger partial charge < -0.3 is 20.1 Å². The molecule has 2 N–H and O–H groups in total. The van der Waals surface area contributed by atoms with E-state index in [-0.39, 0.29) is 18.0 Å². The summed E-state index contributed by atoms with van der Waals surface area (Å²) in [5.74, 6) is 0.124. The van der Waals surface area contributed by atoms with Gasteiger partial charge in [0, 0.05) is 58.0 Å².